The SMILES string of the molecule is CCN1CCN(C(=O)CCN(CCCc2ccccc2)S(C)(=O)=O)CC1. The largest absolute Gasteiger partial charge is 0.340 e. The molecule has 1 fully saturated rings. The lowest BCUT2D eigenvalue weighted by atomic mass is 10.1. The molecule has 0 aliphatic carbocycles. The van der Waals surface area contributed by atoms with Crippen molar-refractivity contribution >= 4 is 15.9 Å². The van der Waals surface area contributed by atoms with Crippen LogP contribution in [0, 0.1) is 0 Å². The van der Waals surface area contributed by atoms with Crippen molar-refractivity contribution in [3.05, 3.63) is 35.9 Å². The summed E-state index contributed by atoms with van der Waals surface area (Å²) in [6.45, 7) is 7.11. The first-order valence-corrected chi connectivity index (χ1v) is 11.2. The molecule has 0 atom stereocenters. The minimum absolute atomic E-state index is 0.0532. The van der Waals surface area contributed by atoms with Crippen molar-refractivity contribution in [2.75, 3.05) is 52.1 Å². The van der Waals surface area contributed by atoms with Crippen LogP contribution in [-0.2, 0) is 21.2 Å². The lowest BCUT2D eigenvalue weighted by Crippen LogP contribution is -2.49. The van der Waals surface area contributed by atoms with Gasteiger partial charge in [-0.05, 0) is 24.9 Å². The van der Waals surface area contributed by atoms with Crippen LogP contribution in [-0.4, -0.2) is 80.5 Å². The molecule has 26 heavy (non-hydrogen) atoms. The summed E-state index contributed by atoms with van der Waals surface area (Å²) in [4.78, 5) is 16.6. The third kappa shape index (κ3) is 6.70. The summed E-state index contributed by atoms with van der Waals surface area (Å²) in [5.41, 5.74) is 1.20. The Morgan fingerprint density at radius 1 is 1.08 bits per heavy atom. The fraction of sp³-hybridized carbons (Fsp3) is 0.632. The number of likely N-dealkylation sites (N-methyl/N-ethyl adjacent to an activating group) is 1. The van der Waals surface area contributed by atoms with E-state index in [1.54, 1.807) is 0 Å². The molecule has 6 nitrogen and oxygen atoms in total. The fourth-order valence-electron chi connectivity index (χ4n) is 3.24. The third-order valence-corrected chi connectivity index (χ3v) is 6.24. The molecule has 0 saturated carbocycles. The molecule has 146 valence electrons. The number of carbonyl (C=O) groups excluding carboxylic acids is 1. The highest BCUT2D eigenvalue weighted by Gasteiger charge is 2.22. The molecule has 1 saturated heterocycles. The summed E-state index contributed by atoms with van der Waals surface area (Å²) in [5.74, 6) is 0.0532. The lowest BCUT2D eigenvalue weighted by molar-refractivity contribution is -0.133. The number of amides is 1. The highest BCUT2D eigenvalue weighted by molar-refractivity contribution is 7.88. The van der Waals surface area contributed by atoms with Gasteiger partial charge in [-0.25, -0.2) is 12.7 Å². The molecule has 1 heterocycles. The predicted molar refractivity (Wildman–Crippen MR) is 104 cm³/mol. The zero-order valence-corrected chi connectivity index (χ0v) is 16.7. The number of hydrogen-bond donors (Lipinski definition) is 0. The Labute approximate surface area is 157 Å². The van der Waals surface area contributed by atoms with Gasteiger partial charge in [-0.1, -0.05) is 37.3 Å². The molecule has 1 aromatic rings. The highest BCUT2D eigenvalue weighted by atomic mass is 32.2. The first kappa shape index (κ1) is 20.9. The van der Waals surface area contributed by atoms with Crippen molar-refractivity contribution in [1.82, 2.24) is 14.1 Å². The van der Waals surface area contributed by atoms with Gasteiger partial charge in [0.15, 0.2) is 0 Å². The first-order valence-electron chi connectivity index (χ1n) is 9.39. The van der Waals surface area contributed by atoms with Crippen molar-refractivity contribution in [1.29, 1.82) is 0 Å². The summed E-state index contributed by atoms with van der Waals surface area (Å²) in [6.07, 6.45) is 3.06. The van der Waals surface area contributed by atoms with E-state index in [0.29, 0.717) is 6.54 Å². The van der Waals surface area contributed by atoms with Crippen LogP contribution in [0.3, 0.4) is 0 Å². The van der Waals surface area contributed by atoms with Gasteiger partial charge in [-0.15, -0.1) is 0 Å². The minimum atomic E-state index is -3.30. The van der Waals surface area contributed by atoms with Gasteiger partial charge in [-0.2, -0.15) is 0 Å². The molecule has 7 heteroatoms. The van der Waals surface area contributed by atoms with Crippen LogP contribution in [0.1, 0.15) is 25.3 Å². The van der Waals surface area contributed by atoms with Crippen molar-refractivity contribution in [2.24, 2.45) is 0 Å². The van der Waals surface area contributed by atoms with Crippen LogP contribution in [0.5, 0.6) is 0 Å². The molecule has 1 amide bonds. The van der Waals surface area contributed by atoms with Gasteiger partial charge in [-0.3, -0.25) is 4.79 Å². The smallest absolute Gasteiger partial charge is 0.223 e. The molecule has 0 radical (unpaired) electrons. The summed E-state index contributed by atoms with van der Waals surface area (Å²) in [5, 5.41) is 0. The Balaban J connectivity index is 1.79. The van der Waals surface area contributed by atoms with E-state index >= 15 is 0 Å². The Morgan fingerprint density at radius 3 is 2.31 bits per heavy atom. The second kappa shape index (κ2) is 10.0. The number of hydrogen-bond acceptors (Lipinski definition) is 4. The first-order chi connectivity index (χ1) is 12.4. The predicted octanol–water partition coefficient (Wildman–Crippen LogP) is 1.44. The van der Waals surface area contributed by atoms with E-state index in [4.69, 9.17) is 0 Å². The normalized spacial score (nSPS) is 16.2. The maximum absolute atomic E-state index is 12.4. The quantitative estimate of drug-likeness (QED) is 0.649. The molecule has 0 unspecified atom stereocenters. The van der Waals surface area contributed by atoms with Gasteiger partial charge in [0, 0.05) is 45.7 Å². The van der Waals surface area contributed by atoms with E-state index in [1.165, 1.54) is 16.1 Å². The van der Waals surface area contributed by atoms with Crippen LogP contribution in [0.15, 0.2) is 30.3 Å². The Bertz CT molecular complexity index is 656. The van der Waals surface area contributed by atoms with Crippen LogP contribution in [0.4, 0.5) is 0 Å². The van der Waals surface area contributed by atoms with Crippen molar-refractivity contribution in [3.63, 3.8) is 0 Å². The Kier molecular flexibility index (Phi) is 8.06. The topological polar surface area (TPSA) is 60.9 Å². The number of nitrogens with zero attached hydrogens (tertiary/aromatic N) is 3. The summed E-state index contributed by atoms with van der Waals surface area (Å²) in [7, 11) is -3.30. The lowest BCUT2D eigenvalue weighted by Gasteiger charge is -2.34. The second-order valence-corrected chi connectivity index (χ2v) is 8.80. The standard InChI is InChI=1S/C19H31N3O3S/c1-3-20-14-16-21(17-15-20)19(23)11-13-22(26(2,24)25)12-7-10-18-8-5-4-6-9-18/h4-6,8-9H,3,7,10-17H2,1-2H3. The monoisotopic (exact) mass is 381 g/mol. The fourth-order valence-corrected chi connectivity index (χ4v) is 4.12. The molecule has 0 spiro atoms. The van der Waals surface area contributed by atoms with Gasteiger partial charge in [0.1, 0.15) is 0 Å². The molecule has 0 aromatic heterocycles. The number of piperazine rings is 1. The maximum Gasteiger partial charge on any atom is 0.223 e. The molecule has 1 aromatic carbocycles. The van der Waals surface area contributed by atoms with E-state index in [0.717, 1.165) is 45.6 Å². The van der Waals surface area contributed by atoms with Gasteiger partial charge in [0.2, 0.25) is 15.9 Å². The number of sulfonamides is 1. The highest BCUT2D eigenvalue weighted by Crippen LogP contribution is 2.09. The average molecular weight is 382 g/mol. The van der Waals surface area contributed by atoms with Crippen molar-refractivity contribution in [2.45, 2.75) is 26.2 Å². The molecule has 1 aliphatic rings. The van der Waals surface area contributed by atoms with Crippen LogP contribution < -0.4 is 0 Å². The zero-order valence-electron chi connectivity index (χ0n) is 15.9. The van der Waals surface area contributed by atoms with Crippen LogP contribution in [0.25, 0.3) is 0 Å². The van der Waals surface area contributed by atoms with Crippen LogP contribution in [0.2, 0.25) is 0 Å². The summed E-state index contributed by atoms with van der Waals surface area (Å²) in [6, 6.07) is 10.0. The Morgan fingerprint density at radius 2 is 1.73 bits per heavy atom. The zero-order chi connectivity index (χ0) is 19.0. The molecule has 2 rings (SSSR count). The maximum atomic E-state index is 12.4. The van der Waals surface area contributed by atoms with E-state index in [1.807, 2.05) is 35.2 Å². The molecule has 0 N–H and O–H groups in total. The van der Waals surface area contributed by atoms with Crippen molar-refractivity contribution in [3.8, 4) is 0 Å². The van der Waals surface area contributed by atoms with Crippen LogP contribution >= 0.6 is 0 Å². The number of rotatable bonds is 9. The molecule has 0 bridgehead atoms. The third-order valence-electron chi connectivity index (χ3n) is 4.93. The van der Waals surface area contributed by atoms with Gasteiger partial charge in [0.25, 0.3) is 0 Å². The van der Waals surface area contributed by atoms with E-state index in [-0.39, 0.29) is 18.9 Å². The van der Waals surface area contributed by atoms with Crippen molar-refractivity contribution < 1.29 is 13.2 Å². The number of benzene rings is 1. The Hall–Kier alpha value is -1.44. The van der Waals surface area contributed by atoms with Gasteiger partial charge < -0.3 is 9.80 Å². The van der Waals surface area contributed by atoms with E-state index in [9.17, 15) is 13.2 Å². The summed E-state index contributed by atoms with van der Waals surface area (Å²) >= 11 is 0. The second-order valence-electron chi connectivity index (χ2n) is 6.82. The number of carbonyl (C=O) groups is 1. The van der Waals surface area contributed by atoms with E-state index < -0.39 is 10.0 Å². The minimum Gasteiger partial charge on any atom is -0.340 e. The van der Waals surface area contributed by atoms with E-state index in [2.05, 4.69) is 11.8 Å². The molecular formula is C19H31N3O3S. The molecular weight excluding hydrogens is 350 g/mol. The number of aryl methyl sites for hydroxylation is 1. The van der Waals surface area contributed by atoms with Gasteiger partial charge >= 0.3 is 0 Å². The average Bonchev–Trinajstić information content (AvgIpc) is 2.64. The molecule has 1 aliphatic heterocycles. The summed E-state index contributed by atoms with van der Waals surface area (Å²) < 4.78 is 25.5. The van der Waals surface area contributed by atoms with Gasteiger partial charge in [0.05, 0.1) is 6.26 Å².